The number of nitrogens with one attached hydrogen (secondary N) is 1. The molecular weight excluding hydrogens is 262 g/mol. The van der Waals surface area contributed by atoms with Crippen LogP contribution in [0.3, 0.4) is 0 Å². The number of hydrogen-bond donors (Lipinski definition) is 1. The Balaban J connectivity index is 1.89. The van der Waals surface area contributed by atoms with Crippen LogP contribution in [-0.2, 0) is 6.42 Å². The van der Waals surface area contributed by atoms with Gasteiger partial charge in [0.2, 0.25) is 0 Å². The normalized spacial score (nSPS) is 16.4. The van der Waals surface area contributed by atoms with Gasteiger partial charge >= 0.3 is 0 Å². The number of pyridine rings is 1. The predicted molar refractivity (Wildman–Crippen MR) is 86.2 cm³/mol. The lowest BCUT2D eigenvalue weighted by molar-refractivity contribution is 0.414. The van der Waals surface area contributed by atoms with E-state index >= 15 is 0 Å². The average molecular weight is 283 g/mol. The van der Waals surface area contributed by atoms with Crippen molar-refractivity contribution < 1.29 is 4.74 Å². The molecule has 0 radical (unpaired) electrons. The summed E-state index contributed by atoms with van der Waals surface area (Å²) in [6.45, 7) is 0. The summed E-state index contributed by atoms with van der Waals surface area (Å²) in [5, 5.41) is 3.64. The highest BCUT2D eigenvalue weighted by atomic mass is 16.5. The lowest BCUT2D eigenvalue weighted by Crippen LogP contribution is -2.14. The molecule has 4 heteroatoms. The Morgan fingerprint density at radius 2 is 2.14 bits per heavy atom. The predicted octanol–water partition coefficient (Wildman–Crippen LogP) is 3.26. The SMILES string of the molecule is COc1ccc2c(c1)C(Nc1cnccc1N(C)C)CC2. The molecule has 3 rings (SSSR count). The van der Waals surface area contributed by atoms with Gasteiger partial charge in [0, 0.05) is 20.3 Å². The molecule has 0 aliphatic heterocycles. The largest absolute Gasteiger partial charge is 0.497 e. The van der Waals surface area contributed by atoms with Crippen LogP contribution < -0.4 is 15.0 Å². The van der Waals surface area contributed by atoms with E-state index in [9.17, 15) is 0 Å². The zero-order valence-corrected chi connectivity index (χ0v) is 12.8. The number of ether oxygens (including phenoxy) is 1. The molecule has 1 heterocycles. The Hall–Kier alpha value is -2.23. The quantitative estimate of drug-likeness (QED) is 0.934. The number of nitrogens with zero attached hydrogens (tertiary/aromatic N) is 2. The lowest BCUT2D eigenvalue weighted by Gasteiger charge is -2.22. The number of benzene rings is 1. The first-order valence-electron chi connectivity index (χ1n) is 7.23. The van der Waals surface area contributed by atoms with Crippen molar-refractivity contribution in [2.45, 2.75) is 18.9 Å². The summed E-state index contributed by atoms with van der Waals surface area (Å²) in [4.78, 5) is 6.35. The maximum absolute atomic E-state index is 5.35. The van der Waals surface area contributed by atoms with Crippen molar-refractivity contribution in [2.24, 2.45) is 0 Å². The third kappa shape index (κ3) is 2.66. The number of methoxy groups -OCH3 is 1. The van der Waals surface area contributed by atoms with Crippen LogP contribution in [0.5, 0.6) is 5.75 Å². The Bertz CT molecular complexity index is 640. The molecular formula is C17H21N3O. The van der Waals surface area contributed by atoms with Crippen LogP contribution >= 0.6 is 0 Å². The smallest absolute Gasteiger partial charge is 0.119 e. The van der Waals surface area contributed by atoms with Crippen molar-refractivity contribution in [1.82, 2.24) is 4.98 Å². The third-order valence-corrected chi connectivity index (χ3v) is 4.04. The van der Waals surface area contributed by atoms with E-state index in [0.29, 0.717) is 6.04 Å². The summed E-state index contributed by atoms with van der Waals surface area (Å²) in [5.41, 5.74) is 4.97. The fourth-order valence-electron chi connectivity index (χ4n) is 2.93. The van der Waals surface area contributed by atoms with Crippen molar-refractivity contribution in [2.75, 3.05) is 31.4 Å². The molecule has 110 valence electrons. The van der Waals surface area contributed by atoms with E-state index < -0.39 is 0 Å². The van der Waals surface area contributed by atoms with Crippen LogP contribution in [-0.4, -0.2) is 26.2 Å². The Labute approximate surface area is 125 Å². The standard InChI is InChI=1S/C17H21N3O/c1-20(2)17-8-9-18-11-16(17)19-15-7-5-12-4-6-13(21-3)10-14(12)15/h4,6,8-11,15,19H,5,7H2,1-3H3. The summed E-state index contributed by atoms with van der Waals surface area (Å²) in [7, 11) is 5.81. The number of aryl methyl sites for hydroxylation is 1. The van der Waals surface area contributed by atoms with Crippen molar-refractivity contribution >= 4 is 11.4 Å². The van der Waals surface area contributed by atoms with Crippen LogP contribution in [0.25, 0.3) is 0 Å². The molecule has 4 nitrogen and oxygen atoms in total. The molecule has 1 aromatic carbocycles. The molecule has 1 unspecified atom stereocenters. The number of hydrogen-bond acceptors (Lipinski definition) is 4. The van der Waals surface area contributed by atoms with E-state index in [0.717, 1.165) is 30.0 Å². The first-order chi connectivity index (χ1) is 10.2. The fraction of sp³-hybridized carbons (Fsp3) is 0.353. The minimum Gasteiger partial charge on any atom is -0.497 e. The van der Waals surface area contributed by atoms with Crippen LogP contribution in [0.1, 0.15) is 23.6 Å². The highest BCUT2D eigenvalue weighted by Crippen LogP contribution is 2.37. The molecule has 1 aliphatic carbocycles. The van der Waals surface area contributed by atoms with Gasteiger partial charge < -0.3 is 15.0 Å². The van der Waals surface area contributed by atoms with Crippen molar-refractivity contribution in [3.63, 3.8) is 0 Å². The van der Waals surface area contributed by atoms with Gasteiger partial charge in [-0.25, -0.2) is 0 Å². The maximum atomic E-state index is 5.35. The average Bonchev–Trinajstić information content (AvgIpc) is 2.90. The molecule has 1 aliphatic rings. The first kappa shape index (κ1) is 13.7. The van der Waals surface area contributed by atoms with Gasteiger partial charge in [0.1, 0.15) is 5.75 Å². The fourth-order valence-corrected chi connectivity index (χ4v) is 2.93. The van der Waals surface area contributed by atoms with Gasteiger partial charge in [-0.15, -0.1) is 0 Å². The second kappa shape index (κ2) is 5.64. The van der Waals surface area contributed by atoms with E-state index in [1.54, 1.807) is 7.11 Å². The van der Waals surface area contributed by atoms with Crippen molar-refractivity contribution in [3.05, 3.63) is 47.8 Å². The molecule has 21 heavy (non-hydrogen) atoms. The Morgan fingerprint density at radius 3 is 2.90 bits per heavy atom. The van der Waals surface area contributed by atoms with Gasteiger partial charge in [0.05, 0.1) is 30.7 Å². The monoisotopic (exact) mass is 283 g/mol. The second-order valence-electron chi connectivity index (χ2n) is 5.59. The molecule has 1 N–H and O–H groups in total. The van der Waals surface area contributed by atoms with Crippen LogP contribution in [0.15, 0.2) is 36.7 Å². The summed E-state index contributed by atoms with van der Waals surface area (Å²) in [6.07, 6.45) is 5.93. The van der Waals surface area contributed by atoms with Crippen LogP contribution in [0, 0.1) is 0 Å². The van der Waals surface area contributed by atoms with Crippen molar-refractivity contribution in [3.8, 4) is 5.75 Å². The molecule has 1 aromatic heterocycles. The zero-order valence-electron chi connectivity index (χ0n) is 12.8. The lowest BCUT2D eigenvalue weighted by atomic mass is 10.1. The van der Waals surface area contributed by atoms with Gasteiger partial charge in [-0.05, 0) is 42.2 Å². The number of aromatic nitrogens is 1. The van der Waals surface area contributed by atoms with Gasteiger partial charge in [0.15, 0.2) is 0 Å². The van der Waals surface area contributed by atoms with Gasteiger partial charge in [-0.1, -0.05) is 6.07 Å². The summed E-state index contributed by atoms with van der Waals surface area (Å²) < 4.78 is 5.35. The highest BCUT2D eigenvalue weighted by molar-refractivity contribution is 5.69. The molecule has 0 bridgehead atoms. The van der Waals surface area contributed by atoms with Gasteiger partial charge in [-0.3, -0.25) is 4.98 Å². The molecule has 2 aromatic rings. The van der Waals surface area contributed by atoms with E-state index in [1.807, 2.05) is 38.6 Å². The summed E-state index contributed by atoms with van der Waals surface area (Å²) in [6, 6.07) is 8.70. The molecule has 0 saturated heterocycles. The number of fused-ring (bicyclic) bond motifs is 1. The van der Waals surface area contributed by atoms with Crippen LogP contribution in [0.4, 0.5) is 11.4 Å². The molecule has 0 fully saturated rings. The van der Waals surface area contributed by atoms with E-state index in [2.05, 4.69) is 27.3 Å². The molecule has 0 spiro atoms. The number of anilines is 2. The molecule has 1 atom stereocenters. The molecule has 0 saturated carbocycles. The van der Waals surface area contributed by atoms with Gasteiger partial charge in [0.25, 0.3) is 0 Å². The Kier molecular flexibility index (Phi) is 3.69. The topological polar surface area (TPSA) is 37.4 Å². The van der Waals surface area contributed by atoms with E-state index in [4.69, 9.17) is 4.74 Å². The summed E-state index contributed by atoms with van der Waals surface area (Å²) >= 11 is 0. The zero-order chi connectivity index (χ0) is 14.8. The second-order valence-corrected chi connectivity index (χ2v) is 5.59. The molecule has 0 amide bonds. The maximum Gasteiger partial charge on any atom is 0.119 e. The minimum absolute atomic E-state index is 0.318. The van der Waals surface area contributed by atoms with Crippen LogP contribution in [0.2, 0.25) is 0 Å². The number of rotatable bonds is 4. The first-order valence-corrected chi connectivity index (χ1v) is 7.23. The Morgan fingerprint density at radius 1 is 1.29 bits per heavy atom. The van der Waals surface area contributed by atoms with E-state index in [1.165, 1.54) is 11.1 Å². The highest BCUT2D eigenvalue weighted by Gasteiger charge is 2.23. The minimum atomic E-state index is 0.318. The van der Waals surface area contributed by atoms with Gasteiger partial charge in [-0.2, -0.15) is 0 Å². The summed E-state index contributed by atoms with van der Waals surface area (Å²) in [5.74, 6) is 0.918. The van der Waals surface area contributed by atoms with Crippen molar-refractivity contribution in [1.29, 1.82) is 0 Å². The third-order valence-electron chi connectivity index (χ3n) is 4.04. The van der Waals surface area contributed by atoms with E-state index in [-0.39, 0.29) is 0 Å².